The van der Waals surface area contributed by atoms with Crippen molar-refractivity contribution in [1.29, 1.82) is 0 Å². The molecule has 2 aromatic rings. The number of halogens is 1. The highest BCUT2D eigenvalue weighted by molar-refractivity contribution is 6.30. The van der Waals surface area contributed by atoms with E-state index < -0.39 is 0 Å². The molecule has 0 radical (unpaired) electrons. The fourth-order valence-electron chi connectivity index (χ4n) is 2.02. The molecule has 1 amide bonds. The van der Waals surface area contributed by atoms with E-state index in [1.807, 2.05) is 61.6 Å². The van der Waals surface area contributed by atoms with Gasteiger partial charge in [0.1, 0.15) is 0 Å². The molecule has 0 aliphatic rings. The molecule has 0 aliphatic carbocycles. The summed E-state index contributed by atoms with van der Waals surface area (Å²) in [5.41, 5.74) is 2.11. The number of amides is 1. The lowest BCUT2D eigenvalue weighted by Crippen LogP contribution is -2.27. The Balaban J connectivity index is 1.75. The summed E-state index contributed by atoms with van der Waals surface area (Å²) in [6.45, 7) is 1.25. The molecule has 4 heteroatoms. The molecule has 3 nitrogen and oxygen atoms in total. The molecule has 0 heterocycles. The maximum absolute atomic E-state index is 12.1. The van der Waals surface area contributed by atoms with E-state index in [2.05, 4.69) is 5.32 Å². The summed E-state index contributed by atoms with van der Waals surface area (Å²) in [7, 11) is 1.83. The summed E-state index contributed by atoms with van der Waals surface area (Å²) >= 11 is 5.83. The first kappa shape index (κ1) is 15.4. The van der Waals surface area contributed by atoms with Crippen molar-refractivity contribution >= 4 is 23.2 Å². The Kier molecular flexibility index (Phi) is 5.64. The molecule has 2 aromatic carbocycles. The van der Waals surface area contributed by atoms with Crippen molar-refractivity contribution in [3.05, 3.63) is 65.2 Å². The highest BCUT2D eigenvalue weighted by Gasteiger charge is 2.08. The first-order valence-corrected chi connectivity index (χ1v) is 7.30. The second kappa shape index (κ2) is 7.70. The van der Waals surface area contributed by atoms with Crippen LogP contribution in [-0.4, -0.2) is 24.4 Å². The van der Waals surface area contributed by atoms with E-state index in [9.17, 15) is 4.79 Å². The van der Waals surface area contributed by atoms with Crippen molar-refractivity contribution in [3.63, 3.8) is 0 Å². The number of carbonyl (C=O) groups excluding carboxylic acids is 1. The summed E-state index contributed by atoms with van der Waals surface area (Å²) in [5, 5.41) is 3.92. The van der Waals surface area contributed by atoms with E-state index in [1.54, 1.807) is 4.90 Å². The van der Waals surface area contributed by atoms with E-state index in [1.165, 1.54) is 0 Å². The Hall–Kier alpha value is -2.00. The van der Waals surface area contributed by atoms with E-state index in [0.29, 0.717) is 24.5 Å². The largest absolute Gasteiger partial charge is 0.385 e. The third-order valence-electron chi connectivity index (χ3n) is 3.20. The van der Waals surface area contributed by atoms with E-state index >= 15 is 0 Å². The molecule has 110 valence electrons. The normalized spacial score (nSPS) is 10.2. The molecule has 0 saturated carbocycles. The predicted octanol–water partition coefficient (Wildman–Crippen LogP) is 3.80. The van der Waals surface area contributed by atoms with Crippen LogP contribution in [0.2, 0.25) is 5.02 Å². The number of hydrogen-bond donors (Lipinski definition) is 1. The van der Waals surface area contributed by atoms with Crippen LogP contribution in [-0.2, 0) is 11.3 Å². The monoisotopic (exact) mass is 302 g/mol. The highest BCUT2D eigenvalue weighted by Crippen LogP contribution is 2.13. The van der Waals surface area contributed by atoms with Crippen LogP contribution in [0, 0.1) is 0 Å². The van der Waals surface area contributed by atoms with Crippen LogP contribution in [0.25, 0.3) is 0 Å². The minimum Gasteiger partial charge on any atom is -0.385 e. The average molecular weight is 303 g/mol. The van der Waals surface area contributed by atoms with Gasteiger partial charge in [-0.25, -0.2) is 0 Å². The molecule has 0 aromatic heterocycles. The Morgan fingerprint density at radius 1 is 1.10 bits per heavy atom. The fourth-order valence-corrected chi connectivity index (χ4v) is 2.14. The van der Waals surface area contributed by atoms with Gasteiger partial charge >= 0.3 is 0 Å². The van der Waals surface area contributed by atoms with Crippen LogP contribution < -0.4 is 5.32 Å². The Labute approximate surface area is 130 Å². The van der Waals surface area contributed by atoms with Gasteiger partial charge in [0.15, 0.2) is 0 Å². The van der Waals surface area contributed by atoms with Crippen molar-refractivity contribution in [2.45, 2.75) is 13.0 Å². The first-order valence-electron chi connectivity index (χ1n) is 6.92. The Morgan fingerprint density at radius 2 is 1.76 bits per heavy atom. The van der Waals surface area contributed by atoms with Crippen molar-refractivity contribution in [2.24, 2.45) is 0 Å². The maximum atomic E-state index is 12.1. The van der Waals surface area contributed by atoms with Gasteiger partial charge in [0.2, 0.25) is 5.91 Å². The lowest BCUT2D eigenvalue weighted by molar-refractivity contribution is -0.130. The number of carbonyl (C=O) groups is 1. The zero-order valence-electron chi connectivity index (χ0n) is 12.1. The zero-order chi connectivity index (χ0) is 15.1. The molecule has 0 bridgehead atoms. The third kappa shape index (κ3) is 5.12. The minimum atomic E-state index is 0.125. The van der Waals surface area contributed by atoms with Gasteiger partial charge in [-0.2, -0.15) is 0 Å². The van der Waals surface area contributed by atoms with Crippen LogP contribution in [0.3, 0.4) is 0 Å². The number of hydrogen-bond acceptors (Lipinski definition) is 2. The smallest absolute Gasteiger partial charge is 0.224 e. The van der Waals surface area contributed by atoms with Gasteiger partial charge in [0.05, 0.1) is 0 Å². The molecule has 0 spiro atoms. The zero-order valence-corrected chi connectivity index (χ0v) is 12.8. The van der Waals surface area contributed by atoms with Gasteiger partial charge in [-0.05, 0) is 29.8 Å². The number of anilines is 1. The van der Waals surface area contributed by atoms with Gasteiger partial charge in [0.25, 0.3) is 0 Å². The van der Waals surface area contributed by atoms with Gasteiger partial charge in [-0.3, -0.25) is 4.79 Å². The lowest BCUT2D eigenvalue weighted by atomic mass is 10.2. The summed E-state index contributed by atoms with van der Waals surface area (Å²) < 4.78 is 0. The molecule has 0 aliphatic heterocycles. The highest BCUT2D eigenvalue weighted by atomic mass is 35.5. The van der Waals surface area contributed by atoms with Crippen molar-refractivity contribution < 1.29 is 4.79 Å². The van der Waals surface area contributed by atoms with Crippen molar-refractivity contribution in [2.75, 3.05) is 18.9 Å². The van der Waals surface area contributed by atoms with Gasteiger partial charge < -0.3 is 10.2 Å². The van der Waals surface area contributed by atoms with Crippen LogP contribution in [0.1, 0.15) is 12.0 Å². The molecule has 2 rings (SSSR count). The molecular weight excluding hydrogens is 284 g/mol. The van der Waals surface area contributed by atoms with E-state index in [0.717, 1.165) is 11.3 Å². The summed E-state index contributed by atoms with van der Waals surface area (Å²) in [6, 6.07) is 17.4. The molecule has 0 saturated heterocycles. The van der Waals surface area contributed by atoms with E-state index in [4.69, 9.17) is 11.6 Å². The van der Waals surface area contributed by atoms with Crippen molar-refractivity contribution in [3.8, 4) is 0 Å². The SMILES string of the molecule is CN(Cc1ccccc1)C(=O)CCNc1ccc(Cl)cc1. The van der Waals surface area contributed by atoms with Crippen LogP contribution in [0.5, 0.6) is 0 Å². The number of benzene rings is 2. The van der Waals surface area contributed by atoms with Crippen LogP contribution >= 0.6 is 11.6 Å². The van der Waals surface area contributed by atoms with Crippen LogP contribution in [0.4, 0.5) is 5.69 Å². The second-order valence-corrected chi connectivity index (χ2v) is 5.36. The molecule has 1 N–H and O–H groups in total. The molecule has 0 fully saturated rings. The van der Waals surface area contributed by atoms with Gasteiger partial charge in [-0.15, -0.1) is 0 Å². The fraction of sp³-hybridized carbons (Fsp3) is 0.235. The number of nitrogens with zero attached hydrogens (tertiary/aromatic N) is 1. The first-order chi connectivity index (χ1) is 10.1. The van der Waals surface area contributed by atoms with Gasteiger partial charge in [-0.1, -0.05) is 41.9 Å². The molecule has 0 unspecified atom stereocenters. The average Bonchev–Trinajstić information content (AvgIpc) is 2.50. The molecular formula is C17H19ClN2O. The number of nitrogens with one attached hydrogen (secondary N) is 1. The van der Waals surface area contributed by atoms with Crippen molar-refractivity contribution in [1.82, 2.24) is 4.90 Å². The summed E-state index contributed by atoms with van der Waals surface area (Å²) in [5.74, 6) is 0.125. The Bertz CT molecular complexity index is 569. The standard InChI is InChI=1S/C17H19ClN2O/c1-20(13-14-5-3-2-4-6-14)17(21)11-12-19-16-9-7-15(18)8-10-16/h2-10,19H,11-13H2,1H3. The topological polar surface area (TPSA) is 32.3 Å². The summed E-state index contributed by atoms with van der Waals surface area (Å²) in [4.78, 5) is 13.8. The molecule has 0 atom stereocenters. The summed E-state index contributed by atoms with van der Waals surface area (Å²) in [6.07, 6.45) is 0.464. The third-order valence-corrected chi connectivity index (χ3v) is 3.45. The quantitative estimate of drug-likeness (QED) is 0.880. The van der Waals surface area contributed by atoms with E-state index in [-0.39, 0.29) is 5.91 Å². The predicted molar refractivity (Wildman–Crippen MR) is 87.5 cm³/mol. The minimum absolute atomic E-state index is 0.125. The molecule has 21 heavy (non-hydrogen) atoms. The van der Waals surface area contributed by atoms with Gasteiger partial charge in [0, 0.05) is 37.3 Å². The maximum Gasteiger partial charge on any atom is 0.224 e. The number of rotatable bonds is 6. The second-order valence-electron chi connectivity index (χ2n) is 4.92. The lowest BCUT2D eigenvalue weighted by Gasteiger charge is -2.17. The Morgan fingerprint density at radius 3 is 2.43 bits per heavy atom. The van der Waals surface area contributed by atoms with Crippen LogP contribution in [0.15, 0.2) is 54.6 Å².